The lowest BCUT2D eigenvalue weighted by Crippen LogP contribution is -1.98. The van der Waals surface area contributed by atoms with E-state index < -0.39 is 0 Å². The normalized spacial score (nSPS) is 10.2. The third-order valence-electron chi connectivity index (χ3n) is 3.44. The highest BCUT2D eigenvalue weighted by Gasteiger charge is 2.11. The molecule has 4 heteroatoms. The number of hydrogen-bond acceptors (Lipinski definition) is 4. The molecule has 0 radical (unpaired) electrons. The lowest BCUT2D eigenvalue weighted by molar-refractivity contribution is 1.23. The molecule has 0 unspecified atom stereocenters. The Hall–Kier alpha value is -3.19. The van der Waals surface area contributed by atoms with Crippen LogP contribution in [-0.2, 0) is 0 Å². The van der Waals surface area contributed by atoms with E-state index in [2.05, 4.69) is 4.98 Å². The number of pyridine rings is 2. The molecule has 0 atom stereocenters. The maximum Gasteiger partial charge on any atom is 0.140 e. The van der Waals surface area contributed by atoms with Gasteiger partial charge < -0.3 is 5.73 Å². The summed E-state index contributed by atoms with van der Waals surface area (Å²) in [6.07, 6.45) is 1.67. The van der Waals surface area contributed by atoms with Crippen LogP contribution in [0.3, 0.4) is 0 Å². The summed E-state index contributed by atoms with van der Waals surface area (Å²) < 4.78 is 0. The van der Waals surface area contributed by atoms with Gasteiger partial charge in [-0.2, -0.15) is 5.26 Å². The summed E-state index contributed by atoms with van der Waals surface area (Å²) in [5.74, 6) is 0. The second-order valence-electron chi connectivity index (χ2n) is 5.00. The first-order valence-corrected chi connectivity index (χ1v) is 6.88. The number of nitrogens with zero attached hydrogens (tertiary/aromatic N) is 3. The van der Waals surface area contributed by atoms with E-state index in [1.165, 1.54) is 0 Å². The summed E-state index contributed by atoms with van der Waals surface area (Å²) in [6, 6.07) is 17.3. The highest BCUT2D eigenvalue weighted by atomic mass is 14.8. The monoisotopic (exact) mass is 286 g/mol. The molecule has 0 aliphatic carbocycles. The van der Waals surface area contributed by atoms with Gasteiger partial charge in [-0.15, -0.1) is 0 Å². The van der Waals surface area contributed by atoms with Crippen LogP contribution in [0.1, 0.15) is 11.3 Å². The molecule has 0 saturated carbocycles. The van der Waals surface area contributed by atoms with Crippen LogP contribution in [-0.4, -0.2) is 9.97 Å². The molecule has 0 aliphatic heterocycles. The summed E-state index contributed by atoms with van der Waals surface area (Å²) in [7, 11) is 0. The minimum absolute atomic E-state index is 0.389. The number of rotatable bonds is 2. The topological polar surface area (TPSA) is 75.6 Å². The van der Waals surface area contributed by atoms with Crippen LogP contribution >= 0.6 is 0 Å². The molecule has 4 nitrogen and oxygen atoms in total. The first kappa shape index (κ1) is 13.8. The van der Waals surface area contributed by atoms with Crippen molar-refractivity contribution in [3.63, 3.8) is 0 Å². The SMILES string of the molecule is Cc1cc(N)c(-c2ccccc2)nc1-c1ccc(C#N)nc1. The number of aromatic nitrogens is 2. The Kier molecular flexibility index (Phi) is 3.55. The molecule has 106 valence electrons. The largest absolute Gasteiger partial charge is 0.397 e. The van der Waals surface area contributed by atoms with Crippen molar-refractivity contribution in [2.45, 2.75) is 6.92 Å². The molecule has 2 aromatic heterocycles. The maximum atomic E-state index is 8.84. The van der Waals surface area contributed by atoms with E-state index in [1.807, 2.05) is 55.5 Å². The Morgan fingerprint density at radius 1 is 1.00 bits per heavy atom. The Morgan fingerprint density at radius 2 is 1.77 bits per heavy atom. The van der Waals surface area contributed by atoms with Crippen molar-refractivity contribution >= 4 is 5.69 Å². The van der Waals surface area contributed by atoms with Gasteiger partial charge in [-0.05, 0) is 30.7 Å². The number of aryl methyl sites for hydroxylation is 1. The lowest BCUT2D eigenvalue weighted by Gasteiger charge is -2.11. The van der Waals surface area contributed by atoms with E-state index in [0.717, 1.165) is 28.1 Å². The van der Waals surface area contributed by atoms with Gasteiger partial charge in [0.15, 0.2) is 0 Å². The van der Waals surface area contributed by atoms with E-state index in [1.54, 1.807) is 12.3 Å². The fourth-order valence-electron chi connectivity index (χ4n) is 2.35. The quantitative estimate of drug-likeness (QED) is 0.781. The van der Waals surface area contributed by atoms with Crippen molar-refractivity contribution in [3.05, 3.63) is 66.0 Å². The number of nitrogens with two attached hydrogens (primary N) is 1. The molecule has 3 aromatic rings. The van der Waals surface area contributed by atoms with E-state index in [0.29, 0.717) is 11.4 Å². The zero-order valence-electron chi connectivity index (χ0n) is 12.1. The van der Waals surface area contributed by atoms with Gasteiger partial charge in [-0.3, -0.25) is 0 Å². The lowest BCUT2D eigenvalue weighted by atomic mass is 10.0. The zero-order valence-corrected chi connectivity index (χ0v) is 12.1. The fraction of sp³-hybridized carbons (Fsp3) is 0.0556. The van der Waals surface area contributed by atoms with Gasteiger partial charge in [-0.1, -0.05) is 30.3 Å². The third kappa shape index (κ3) is 2.52. The average molecular weight is 286 g/mol. The molecule has 0 fully saturated rings. The number of nitriles is 1. The van der Waals surface area contributed by atoms with Gasteiger partial charge in [-0.25, -0.2) is 9.97 Å². The molecule has 2 heterocycles. The van der Waals surface area contributed by atoms with Crippen LogP contribution in [0.25, 0.3) is 22.5 Å². The molecular weight excluding hydrogens is 272 g/mol. The Morgan fingerprint density at radius 3 is 2.41 bits per heavy atom. The molecule has 2 N–H and O–H groups in total. The van der Waals surface area contributed by atoms with Gasteiger partial charge in [0.25, 0.3) is 0 Å². The van der Waals surface area contributed by atoms with Crippen LogP contribution in [0.2, 0.25) is 0 Å². The Bertz CT molecular complexity index is 847. The number of anilines is 1. The van der Waals surface area contributed by atoms with Gasteiger partial charge in [0.2, 0.25) is 0 Å². The van der Waals surface area contributed by atoms with E-state index >= 15 is 0 Å². The van der Waals surface area contributed by atoms with E-state index in [9.17, 15) is 0 Å². The first-order valence-electron chi connectivity index (χ1n) is 6.88. The van der Waals surface area contributed by atoms with Crippen molar-refractivity contribution in [1.29, 1.82) is 5.26 Å². The highest BCUT2D eigenvalue weighted by molar-refractivity contribution is 5.77. The predicted octanol–water partition coefficient (Wildman–Crippen LogP) is 3.57. The van der Waals surface area contributed by atoms with Gasteiger partial charge >= 0.3 is 0 Å². The molecule has 1 aromatic carbocycles. The van der Waals surface area contributed by atoms with Crippen molar-refractivity contribution < 1.29 is 0 Å². The molecule has 3 rings (SSSR count). The second kappa shape index (κ2) is 5.66. The molecule has 0 bridgehead atoms. The summed E-state index contributed by atoms with van der Waals surface area (Å²) >= 11 is 0. The first-order chi connectivity index (χ1) is 10.7. The van der Waals surface area contributed by atoms with Gasteiger partial charge in [0, 0.05) is 17.3 Å². The van der Waals surface area contributed by atoms with E-state index in [-0.39, 0.29) is 0 Å². The number of hydrogen-bond donors (Lipinski definition) is 1. The van der Waals surface area contributed by atoms with Crippen molar-refractivity contribution in [3.8, 4) is 28.6 Å². The van der Waals surface area contributed by atoms with Gasteiger partial charge in [0.05, 0.1) is 17.1 Å². The summed E-state index contributed by atoms with van der Waals surface area (Å²) in [5.41, 5.74) is 11.6. The fourth-order valence-corrected chi connectivity index (χ4v) is 2.35. The molecule has 0 spiro atoms. The average Bonchev–Trinajstić information content (AvgIpc) is 2.56. The second-order valence-corrected chi connectivity index (χ2v) is 5.00. The highest BCUT2D eigenvalue weighted by Crippen LogP contribution is 2.30. The molecule has 0 saturated heterocycles. The molecule has 0 amide bonds. The molecule has 0 aliphatic rings. The maximum absolute atomic E-state index is 8.84. The zero-order chi connectivity index (χ0) is 15.5. The van der Waals surface area contributed by atoms with Crippen LogP contribution in [0.4, 0.5) is 5.69 Å². The third-order valence-corrected chi connectivity index (χ3v) is 3.44. The van der Waals surface area contributed by atoms with Crippen molar-refractivity contribution in [2.24, 2.45) is 0 Å². The van der Waals surface area contributed by atoms with Crippen LogP contribution < -0.4 is 5.73 Å². The summed E-state index contributed by atoms with van der Waals surface area (Å²) in [4.78, 5) is 8.83. The summed E-state index contributed by atoms with van der Waals surface area (Å²) in [5, 5.41) is 8.84. The number of nitrogen functional groups attached to an aromatic ring is 1. The van der Waals surface area contributed by atoms with Crippen molar-refractivity contribution in [1.82, 2.24) is 9.97 Å². The van der Waals surface area contributed by atoms with Crippen molar-refractivity contribution in [2.75, 3.05) is 5.73 Å². The summed E-state index contributed by atoms with van der Waals surface area (Å²) in [6.45, 7) is 1.96. The number of benzene rings is 1. The van der Waals surface area contributed by atoms with Gasteiger partial charge in [0.1, 0.15) is 11.8 Å². The van der Waals surface area contributed by atoms with Crippen LogP contribution in [0.15, 0.2) is 54.7 Å². The standard InChI is InChI=1S/C18H14N4/c1-12-9-16(20)18(13-5-3-2-4-6-13)22-17(12)14-7-8-15(10-19)21-11-14/h2-9,11H,20H2,1H3. The minimum Gasteiger partial charge on any atom is -0.397 e. The van der Waals surface area contributed by atoms with Crippen LogP contribution in [0, 0.1) is 18.3 Å². The van der Waals surface area contributed by atoms with Crippen LogP contribution in [0.5, 0.6) is 0 Å². The Balaban J connectivity index is 2.14. The predicted molar refractivity (Wildman–Crippen MR) is 86.8 cm³/mol. The smallest absolute Gasteiger partial charge is 0.140 e. The molecular formula is C18H14N4. The Labute approximate surface area is 128 Å². The molecule has 22 heavy (non-hydrogen) atoms. The van der Waals surface area contributed by atoms with E-state index in [4.69, 9.17) is 16.0 Å². The minimum atomic E-state index is 0.389.